The lowest BCUT2D eigenvalue weighted by Crippen LogP contribution is -2.37. The van der Waals surface area contributed by atoms with E-state index in [0.29, 0.717) is 19.4 Å². The summed E-state index contributed by atoms with van der Waals surface area (Å²) < 4.78 is 22.8. The third-order valence-electron chi connectivity index (χ3n) is 3.95. The number of nitrogens with zero attached hydrogens (tertiary/aromatic N) is 1. The van der Waals surface area contributed by atoms with Crippen molar-refractivity contribution in [1.82, 2.24) is 10.2 Å². The van der Waals surface area contributed by atoms with E-state index in [-0.39, 0.29) is 23.5 Å². The second kappa shape index (κ2) is 7.74. The van der Waals surface area contributed by atoms with Gasteiger partial charge in [-0.3, -0.25) is 9.69 Å². The van der Waals surface area contributed by atoms with Gasteiger partial charge in [0.05, 0.1) is 11.5 Å². The fourth-order valence-corrected chi connectivity index (χ4v) is 4.33. The summed E-state index contributed by atoms with van der Waals surface area (Å²) in [6, 6.07) is 9.95. The van der Waals surface area contributed by atoms with Crippen molar-refractivity contribution in [1.29, 1.82) is 0 Å². The van der Waals surface area contributed by atoms with Gasteiger partial charge in [-0.25, -0.2) is 8.42 Å². The first-order valence-electron chi connectivity index (χ1n) is 7.74. The number of rotatable bonds is 7. The van der Waals surface area contributed by atoms with Crippen molar-refractivity contribution in [3.8, 4) is 0 Å². The highest BCUT2D eigenvalue weighted by molar-refractivity contribution is 7.91. The van der Waals surface area contributed by atoms with Gasteiger partial charge in [-0.2, -0.15) is 0 Å². The van der Waals surface area contributed by atoms with Crippen LogP contribution in [0.15, 0.2) is 30.3 Å². The summed E-state index contributed by atoms with van der Waals surface area (Å²) in [7, 11) is -2.94. The Morgan fingerprint density at radius 1 is 1.32 bits per heavy atom. The van der Waals surface area contributed by atoms with Crippen LogP contribution in [0.1, 0.15) is 25.3 Å². The number of carbonyl (C=O) groups excluding carboxylic acids is 1. The molecular weight excluding hydrogens is 300 g/mol. The highest BCUT2D eigenvalue weighted by Gasteiger charge is 2.28. The second-order valence-electron chi connectivity index (χ2n) is 5.77. The summed E-state index contributed by atoms with van der Waals surface area (Å²) >= 11 is 0. The number of hydrogen-bond acceptors (Lipinski definition) is 4. The summed E-state index contributed by atoms with van der Waals surface area (Å²) in [6.45, 7) is 4.45. The fraction of sp³-hybridized carbons (Fsp3) is 0.562. The zero-order valence-electron chi connectivity index (χ0n) is 13.0. The molecule has 1 aromatic carbocycles. The SMILES string of the molecule is CCN(CCC(=O)NC1CCS(=O)(=O)C1)Cc1ccccc1. The maximum atomic E-state index is 12.0. The number of amides is 1. The highest BCUT2D eigenvalue weighted by Crippen LogP contribution is 2.11. The minimum Gasteiger partial charge on any atom is -0.352 e. The highest BCUT2D eigenvalue weighted by atomic mass is 32.2. The monoisotopic (exact) mass is 324 g/mol. The van der Waals surface area contributed by atoms with E-state index in [4.69, 9.17) is 0 Å². The van der Waals surface area contributed by atoms with Crippen molar-refractivity contribution < 1.29 is 13.2 Å². The quantitative estimate of drug-likeness (QED) is 0.818. The van der Waals surface area contributed by atoms with Gasteiger partial charge in [0.25, 0.3) is 0 Å². The van der Waals surface area contributed by atoms with Crippen molar-refractivity contribution in [2.75, 3.05) is 24.6 Å². The number of carbonyl (C=O) groups is 1. The average Bonchev–Trinajstić information content (AvgIpc) is 2.83. The molecule has 1 saturated heterocycles. The molecule has 1 amide bonds. The minimum absolute atomic E-state index is 0.0615. The molecule has 122 valence electrons. The van der Waals surface area contributed by atoms with E-state index in [1.54, 1.807) is 0 Å². The van der Waals surface area contributed by atoms with Crippen LogP contribution in [0.3, 0.4) is 0 Å². The summed E-state index contributed by atoms with van der Waals surface area (Å²) in [5, 5.41) is 2.83. The lowest BCUT2D eigenvalue weighted by Gasteiger charge is -2.20. The zero-order chi connectivity index (χ0) is 16.0. The molecular formula is C16H24N2O3S. The molecule has 1 aromatic rings. The third-order valence-corrected chi connectivity index (χ3v) is 5.72. The Balaban J connectivity index is 1.74. The number of nitrogens with one attached hydrogen (secondary N) is 1. The van der Waals surface area contributed by atoms with Crippen LogP contribution in [0.5, 0.6) is 0 Å². The van der Waals surface area contributed by atoms with Crippen molar-refractivity contribution in [2.45, 2.75) is 32.4 Å². The largest absolute Gasteiger partial charge is 0.352 e. The molecule has 1 N–H and O–H groups in total. The fourth-order valence-electron chi connectivity index (χ4n) is 2.66. The molecule has 0 bridgehead atoms. The Morgan fingerprint density at radius 3 is 2.64 bits per heavy atom. The Bertz CT molecular complexity index is 587. The Hall–Kier alpha value is -1.40. The van der Waals surface area contributed by atoms with Crippen LogP contribution in [0.25, 0.3) is 0 Å². The van der Waals surface area contributed by atoms with E-state index < -0.39 is 9.84 Å². The first-order chi connectivity index (χ1) is 10.5. The van der Waals surface area contributed by atoms with Gasteiger partial charge >= 0.3 is 0 Å². The third kappa shape index (κ3) is 5.42. The molecule has 0 spiro atoms. The van der Waals surface area contributed by atoms with Crippen molar-refractivity contribution >= 4 is 15.7 Å². The summed E-state index contributed by atoms with van der Waals surface area (Å²) in [6.07, 6.45) is 0.937. The van der Waals surface area contributed by atoms with E-state index >= 15 is 0 Å². The van der Waals surface area contributed by atoms with Gasteiger partial charge in [0.2, 0.25) is 5.91 Å². The van der Waals surface area contributed by atoms with Crippen LogP contribution in [-0.4, -0.2) is 49.9 Å². The number of sulfone groups is 1. The molecule has 1 heterocycles. The Labute approximate surface area is 132 Å². The molecule has 0 saturated carbocycles. The van der Waals surface area contributed by atoms with Crippen LogP contribution in [-0.2, 0) is 21.2 Å². The molecule has 1 atom stereocenters. The normalized spacial score (nSPS) is 20.2. The zero-order valence-corrected chi connectivity index (χ0v) is 13.8. The van der Waals surface area contributed by atoms with Crippen molar-refractivity contribution in [3.63, 3.8) is 0 Å². The Morgan fingerprint density at radius 2 is 2.05 bits per heavy atom. The van der Waals surface area contributed by atoms with Gasteiger partial charge in [-0.15, -0.1) is 0 Å². The minimum atomic E-state index is -2.94. The maximum Gasteiger partial charge on any atom is 0.221 e. The van der Waals surface area contributed by atoms with E-state index in [1.807, 2.05) is 18.2 Å². The topological polar surface area (TPSA) is 66.5 Å². The number of benzene rings is 1. The first kappa shape index (κ1) is 17.0. The Kier molecular flexibility index (Phi) is 5.97. The molecule has 5 nitrogen and oxygen atoms in total. The molecule has 0 radical (unpaired) electrons. The van der Waals surface area contributed by atoms with E-state index in [2.05, 4.69) is 29.3 Å². The molecule has 0 aliphatic carbocycles. The van der Waals surface area contributed by atoms with Gasteiger partial charge in [0.1, 0.15) is 0 Å². The van der Waals surface area contributed by atoms with E-state index in [9.17, 15) is 13.2 Å². The molecule has 0 aromatic heterocycles. The molecule has 1 unspecified atom stereocenters. The van der Waals surface area contributed by atoms with Crippen LogP contribution < -0.4 is 5.32 Å². The van der Waals surface area contributed by atoms with Crippen molar-refractivity contribution in [3.05, 3.63) is 35.9 Å². The second-order valence-corrected chi connectivity index (χ2v) is 8.00. The lowest BCUT2D eigenvalue weighted by molar-refractivity contribution is -0.122. The van der Waals surface area contributed by atoms with Crippen LogP contribution >= 0.6 is 0 Å². The predicted octanol–water partition coefficient (Wildman–Crippen LogP) is 1.20. The van der Waals surface area contributed by atoms with E-state index in [0.717, 1.165) is 13.1 Å². The summed E-state index contributed by atoms with van der Waals surface area (Å²) in [5.74, 6) is 0.210. The van der Waals surface area contributed by atoms with Crippen LogP contribution in [0.4, 0.5) is 0 Å². The first-order valence-corrected chi connectivity index (χ1v) is 9.56. The molecule has 22 heavy (non-hydrogen) atoms. The number of hydrogen-bond donors (Lipinski definition) is 1. The molecule has 1 aliphatic heterocycles. The van der Waals surface area contributed by atoms with Crippen molar-refractivity contribution in [2.24, 2.45) is 0 Å². The van der Waals surface area contributed by atoms with Crippen LogP contribution in [0.2, 0.25) is 0 Å². The molecule has 6 heteroatoms. The molecule has 1 fully saturated rings. The average molecular weight is 324 g/mol. The van der Waals surface area contributed by atoms with Gasteiger partial charge in [-0.05, 0) is 18.5 Å². The van der Waals surface area contributed by atoms with Gasteiger partial charge in [-0.1, -0.05) is 37.3 Å². The van der Waals surface area contributed by atoms with E-state index in [1.165, 1.54) is 5.56 Å². The van der Waals surface area contributed by atoms with Crippen LogP contribution in [0, 0.1) is 0 Å². The van der Waals surface area contributed by atoms with Gasteiger partial charge in [0, 0.05) is 25.6 Å². The molecule has 1 aliphatic rings. The summed E-state index contributed by atoms with van der Waals surface area (Å²) in [5.41, 5.74) is 1.23. The standard InChI is InChI=1S/C16H24N2O3S/c1-2-18(12-14-6-4-3-5-7-14)10-8-16(19)17-15-9-11-22(20,21)13-15/h3-7,15H,2,8-13H2,1H3,(H,17,19). The lowest BCUT2D eigenvalue weighted by atomic mass is 10.2. The summed E-state index contributed by atoms with van der Waals surface area (Å²) in [4.78, 5) is 14.2. The maximum absolute atomic E-state index is 12.0. The predicted molar refractivity (Wildman–Crippen MR) is 87.2 cm³/mol. The van der Waals surface area contributed by atoms with Gasteiger partial charge in [0.15, 0.2) is 9.84 Å². The van der Waals surface area contributed by atoms with Gasteiger partial charge < -0.3 is 5.32 Å². The smallest absolute Gasteiger partial charge is 0.221 e. The molecule has 2 rings (SSSR count).